The van der Waals surface area contributed by atoms with E-state index in [4.69, 9.17) is 0 Å². The number of carbonyl (C=O) groups is 1. The first kappa shape index (κ1) is 22.6. The predicted octanol–water partition coefficient (Wildman–Crippen LogP) is 2.01. The van der Waals surface area contributed by atoms with Gasteiger partial charge in [0.05, 0.1) is 30.0 Å². The second-order valence-electron chi connectivity index (χ2n) is 7.07. The van der Waals surface area contributed by atoms with Crippen molar-refractivity contribution in [3.8, 4) is 0 Å². The maximum Gasteiger partial charge on any atom is 0.257 e. The fraction of sp³-hybridized carbons (Fsp3) is 0.429. The molecule has 7 nitrogen and oxygen atoms in total. The zero-order valence-electron chi connectivity index (χ0n) is 17.5. The van der Waals surface area contributed by atoms with Crippen LogP contribution in [0.2, 0.25) is 0 Å². The molecule has 8 heteroatoms. The molecule has 1 aliphatic heterocycles. The smallest absolute Gasteiger partial charge is 0.257 e. The summed E-state index contributed by atoms with van der Waals surface area (Å²) in [6, 6.07) is 5.94. The predicted molar refractivity (Wildman–Crippen MR) is 112 cm³/mol. The number of aliphatic hydroxyl groups is 1. The summed E-state index contributed by atoms with van der Waals surface area (Å²) < 4.78 is 15.5. The third-order valence-electron chi connectivity index (χ3n) is 4.62. The third-order valence-corrected chi connectivity index (χ3v) is 4.62. The number of aryl methyl sites for hydroxylation is 2. The van der Waals surface area contributed by atoms with Crippen LogP contribution in [-0.4, -0.2) is 52.8 Å². The van der Waals surface area contributed by atoms with E-state index in [0.29, 0.717) is 6.54 Å². The maximum absolute atomic E-state index is 14.2. The first-order chi connectivity index (χ1) is 13.7. The Labute approximate surface area is 170 Å². The molecular formula is C21H29FN4O3. The number of amides is 1. The van der Waals surface area contributed by atoms with Crippen molar-refractivity contribution in [1.29, 1.82) is 0 Å². The molecule has 0 atom stereocenters. The van der Waals surface area contributed by atoms with Gasteiger partial charge in [-0.15, -0.1) is 0 Å². The van der Waals surface area contributed by atoms with Crippen LogP contribution in [0.15, 0.2) is 35.3 Å². The number of hydrogen-bond acceptors (Lipinski definition) is 5. The largest absolute Gasteiger partial charge is 0.385 e. The number of rotatable bonds is 5. The minimum absolute atomic E-state index is 0.179. The molecule has 0 bridgehead atoms. The average molecular weight is 404 g/mol. The number of benzene rings is 1. The normalized spacial score (nSPS) is 14.5. The Kier molecular flexibility index (Phi) is 7.16. The van der Waals surface area contributed by atoms with Crippen molar-refractivity contribution in [2.75, 3.05) is 32.0 Å². The molecule has 0 unspecified atom stereocenters. The Morgan fingerprint density at radius 3 is 2.48 bits per heavy atom. The second kappa shape index (κ2) is 9.19. The zero-order chi connectivity index (χ0) is 21.8. The lowest BCUT2D eigenvalue weighted by Gasteiger charge is -2.46. The highest BCUT2D eigenvalue weighted by atomic mass is 19.1. The van der Waals surface area contributed by atoms with E-state index in [1.165, 1.54) is 27.8 Å². The number of hydrogen-bond donors (Lipinski definition) is 3. The van der Waals surface area contributed by atoms with Crippen LogP contribution >= 0.6 is 0 Å². The fourth-order valence-corrected chi connectivity index (χ4v) is 3.19. The van der Waals surface area contributed by atoms with Crippen molar-refractivity contribution in [3.63, 3.8) is 0 Å². The van der Waals surface area contributed by atoms with Crippen LogP contribution in [0.25, 0.3) is 0 Å². The van der Waals surface area contributed by atoms with Gasteiger partial charge in [0, 0.05) is 25.9 Å². The van der Waals surface area contributed by atoms with Crippen molar-refractivity contribution >= 4 is 17.3 Å². The number of carbonyl (C=O) groups excluding carboxylic acids is 1. The molecule has 0 saturated carbocycles. The highest BCUT2D eigenvalue weighted by molar-refractivity contribution is 6.00. The molecule has 1 saturated heterocycles. The Hall–Kier alpha value is -2.71. The van der Waals surface area contributed by atoms with E-state index in [1.807, 2.05) is 13.8 Å². The minimum Gasteiger partial charge on any atom is -0.385 e. The molecule has 158 valence electrons. The number of likely N-dealkylation sites (tertiary alicyclic amines) is 1. The summed E-state index contributed by atoms with van der Waals surface area (Å²) in [5.74, 6) is -0.803. The van der Waals surface area contributed by atoms with E-state index in [9.17, 15) is 19.1 Å². The summed E-state index contributed by atoms with van der Waals surface area (Å²) in [6.45, 7) is 6.53. The summed E-state index contributed by atoms with van der Waals surface area (Å²) >= 11 is 0. The molecular weight excluding hydrogens is 375 g/mol. The lowest BCUT2D eigenvalue weighted by Crippen LogP contribution is -2.67. The SMILES string of the molecule is CC.CNCC1(O)CN(C(=O)c2cn(C)c(=O)cc2Nc2ccc(C)cc2F)C1. The number of nitrogens with one attached hydrogen (secondary N) is 2. The Bertz CT molecular complexity index is 936. The molecule has 0 radical (unpaired) electrons. The fourth-order valence-electron chi connectivity index (χ4n) is 3.19. The summed E-state index contributed by atoms with van der Waals surface area (Å²) in [7, 11) is 3.27. The van der Waals surface area contributed by atoms with E-state index < -0.39 is 11.4 Å². The molecule has 0 aliphatic carbocycles. The van der Waals surface area contributed by atoms with Crippen molar-refractivity contribution in [2.45, 2.75) is 26.4 Å². The topological polar surface area (TPSA) is 86.6 Å². The molecule has 1 aromatic heterocycles. The van der Waals surface area contributed by atoms with Crippen LogP contribution in [0.5, 0.6) is 0 Å². The molecule has 3 N–H and O–H groups in total. The van der Waals surface area contributed by atoms with E-state index in [0.717, 1.165) is 5.56 Å². The highest BCUT2D eigenvalue weighted by Gasteiger charge is 2.43. The van der Waals surface area contributed by atoms with Crippen LogP contribution in [0.4, 0.5) is 15.8 Å². The average Bonchev–Trinajstić information content (AvgIpc) is 2.66. The van der Waals surface area contributed by atoms with Crippen molar-refractivity contribution < 1.29 is 14.3 Å². The van der Waals surface area contributed by atoms with Gasteiger partial charge in [0.1, 0.15) is 11.4 Å². The van der Waals surface area contributed by atoms with Crippen LogP contribution in [0, 0.1) is 12.7 Å². The number of likely N-dealkylation sites (N-methyl/N-ethyl adjacent to an activating group) is 1. The third kappa shape index (κ3) is 5.02. The molecule has 1 aliphatic rings. The number of halogens is 1. The first-order valence-electron chi connectivity index (χ1n) is 9.62. The number of nitrogens with zero attached hydrogens (tertiary/aromatic N) is 2. The number of anilines is 2. The van der Waals surface area contributed by atoms with Gasteiger partial charge < -0.3 is 25.2 Å². The lowest BCUT2D eigenvalue weighted by molar-refractivity contribution is -0.0775. The molecule has 3 rings (SSSR count). The molecule has 1 fully saturated rings. The molecule has 2 heterocycles. The van der Waals surface area contributed by atoms with Crippen LogP contribution < -0.4 is 16.2 Å². The van der Waals surface area contributed by atoms with Gasteiger partial charge in [-0.05, 0) is 31.7 Å². The van der Waals surface area contributed by atoms with Crippen LogP contribution in [0.1, 0.15) is 29.8 Å². The summed E-state index contributed by atoms with van der Waals surface area (Å²) in [4.78, 5) is 26.4. The van der Waals surface area contributed by atoms with Gasteiger partial charge in [-0.2, -0.15) is 0 Å². The Morgan fingerprint density at radius 1 is 1.24 bits per heavy atom. The highest BCUT2D eigenvalue weighted by Crippen LogP contribution is 2.27. The van der Waals surface area contributed by atoms with Crippen LogP contribution in [0.3, 0.4) is 0 Å². The van der Waals surface area contributed by atoms with E-state index in [2.05, 4.69) is 10.6 Å². The number of pyridine rings is 1. The van der Waals surface area contributed by atoms with Gasteiger partial charge in [0.2, 0.25) is 0 Å². The van der Waals surface area contributed by atoms with E-state index >= 15 is 0 Å². The molecule has 1 amide bonds. The second-order valence-corrected chi connectivity index (χ2v) is 7.07. The van der Waals surface area contributed by atoms with E-state index in [1.54, 1.807) is 33.2 Å². The van der Waals surface area contributed by atoms with Crippen LogP contribution in [-0.2, 0) is 7.05 Å². The van der Waals surface area contributed by atoms with Gasteiger partial charge in [0.15, 0.2) is 0 Å². The molecule has 2 aromatic rings. The Morgan fingerprint density at radius 2 is 1.90 bits per heavy atom. The van der Waals surface area contributed by atoms with Crippen molar-refractivity contribution in [2.24, 2.45) is 7.05 Å². The standard InChI is InChI=1S/C19H23FN4O3.C2H6/c1-12-4-5-15(14(20)6-12)22-16-7-17(25)23(3)8-13(16)18(26)24-10-19(27,11-24)9-21-2;1-2/h4-8,21-22,27H,9-11H2,1-3H3;1-2H3. The minimum atomic E-state index is -0.957. The lowest BCUT2D eigenvalue weighted by atomic mass is 9.93. The number of β-amino-alcohol motifs (C(OH)–C–C–N with tert-alkyl or cyclic N) is 1. The Balaban J connectivity index is 0.00000145. The summed E-state index contributed by atoms with van der Waals surface area (Å²) in [6.07, 6.45) is 1.43. The zero-order valence-corrected chi connectivity index (χ0v) is 17.5. The first-order valence-corrected chi connectivity index (χ1v) is 9.62. The molecule has 1 aromatic carbocycles. The van der Waals surface area contributed by atoms with Gasteiger partial charge in [-0.3, -0.25) is 9.59 Å². The van der Waals surface area contributed by atoms with Gasteiger partial charge >= 0.3 is 0 Å². The van der Waals surface area contributed by atoms with Gasteiger partial charge in [-0.1, -0.05) is 19.9 Å². The van der Waals surface area contributed by atoms with Gasteiger partial charge in [0.25, 0.3) is 11.5 Å². The number of aromatic nitrogens is 1. The van der Waals surface area contributed by atoms with Crippen molar-refractivity contribution in [1.82, 2.24) is 14.8 Å². The van der Waals surface area contributed by atoms with Gasteiger partial charge in [-0.25, -0.2) is 4.39 Å². The monoisotopic (exact) mass is 404 g/mol. The summed E-state index contributed by atoms with van der Waals surface area (Å²) in [5.41, 5.74) is 0.137. The molecule has 29 heavy (non-hydrogen) atoms. The summed E-state index contributed by atoms with van der Waals surface area (Å²) in [5, 5.41) is 16.0. The van der Waals surface area contributed by atoms with E-state index in [-0.39, 0.29) is 41.5 Å². The van der Waals surface area contributed by atoms with Crippen molar-refractivity contribution in [3.05, 3.63) is 57.8 Å². The quantitative estimate of drug-likeness (QED) is 0.710. The molecule has 0 spiro atoms. The maximum atomic E-state index is 14.2.